The molecule has 0 fully saturated rings. The van der Waals surface area contributed by atoms with Crippen LogP contribution in [0.3, 0.4) is 0 Å². The number of imidazole rings is 1. The van der Waals surface area contributed by atoms with Gasteiger partial charge < -0.3 is 36.9 Å². The first-order valence-corrected chi connectivity index (χ1v) is 10.7. The molecule has 1 aromatic rings. The number of aliphatic hydroxyl groups excluding tert-OH is 1. The first kappa shape index (κ1) is 27.4. The van der Waals surface area contributed by atoms with Crippen LogP contribution in [0.25, 0.3) is 0 Å². The molecular weight excluding hydrogens is 440 g/mol. The van der Waals surface area contributed by atoms with E-state index in [0.29, 0.717) is 12.1 Å². The topological polar surface area (TPSA) is 200 Å². The Kier molecular flexibility index (Phi) is 11.2. The van der Waals surface area contributed by atoms with Crippen molar-refractivity contribution in [3.63, 3.8) is 0 Å². The van der Waals surface area contributed by atoms with E-state index in [-0.39, 0.29) is 18.1 Å². The highest BCUT2D eigenvalue weighted by Gasteiger charge is 2.32. The number of rotatable bonds is 13. The van der Waals surface area contributed by atoms with E-state index in [4.69, 9.17) is 5.73 Å². The molecule has 0 aliphatic carbocycles. The van der Waals surface area contributed by atoms with Gasteiger partial charge in [0.05, 0.1) is 18.5 Å². The van der Waals surface area contributed by atoms with Gasteiger partial charge in [-0.1, -0.05) is 13.8 Å². The quantitative estimate of drug-likeness (QED) is 0.153. The third-order valence-electron chi connectivity index (χ3n) is 4.54. The fourth-order valence-corrected chi connectivity index (χ4v) is 3.09. The van der Waals surface area contributed by atoms with Crippen LogP contribution in [0, 0.1) is 5.92 Å². The number of aliphatic hydroxyl groups is 1. The molecule has 12 nitrogen and oxygen atoms in total. The number of thiol groups is 1. The second-order valence-electron chi connectivity index (χ2n) is 7.89. The Morgan fingerprint density at radius 1 is 1.09 bits per heavy atom. The largest absolute Gasteiger partial charge is 0.480 e. The number of hydrogen-bond acceptors (Lipinski definition) is 8. The number of nitrogens with two attached hydrogens (primary N) is 1. The maximum atomic E-state index is 12.8. The van der Waals surface area contributed by atoms with Gasteiger partial charge in [0.15, 0.2) is 6.04 Å². The molecule has 0 aliphatic rings. The van der Waals surface area contributed by atoms with Crippen LogP contribution in [-0.2, 0) is 25.6 Å². The van der Waals surface area contributed by atoms with E-state index in [1.54, 1.807) is 0 Å². The zero-order chi connectivity index (χ0) is 24.4. The molecule has 0 spiro atoms. The number of carbonyl (C=O) groups is 4. The summed E-state index contributed by atoms with van der Waals surface area (Å²) in [6, 6.07) is -4.67. The lowest BCUT2D eigenvalue weighted by atomic mass is 10.0. The van der Waals surface area contributed by atoms with Gasteiger partial charge in [0, 0.05) is 24.1 Å². The Morgan fingerprint density at radius 3 is 2.16 bits per heavy atom. The van der Waals surface area contributed by atoms with Gasteiger partial charge in [-0.05, 0) is 19.3 Å². The SMILES string of the molecule is CC(C)CC(N)C(=O)NC(CS)C(=O)NC(Cc1cnc[nH]1)C(=O)NC(C(=O)O)C(C)O. The van der Waals surface area contributed by atoms with Gasteiger partial charge in [-0.2, -0.15) is 12.6 Å². The highest BCUT2D eigenvalue weighted by Crippen LogP contribution is 2.05. The number of aliphatic carboxylic acids is 1. The summed E-state index contributed by atoms with van der Waals surface area (Å²) in [6.07, 6.45) is 1.84. The van der Waals surface area contributed by atoms with E-state index >= 15 is 0 Å². The van der Waals surface area contributed by atoms with Crippen molar-refractivity contribution in [3.8, 4) is 0 Å². The number of nitrogens with zero attached hydrogens (tertiary/aromatic N) is 1. The molecule has 0 saturated carbocycles. The minimum Gasteiger partial charge on any atom is -0.480 e. The third-order valence-corrected chi connectivity index (χ3v) is 4.90. The molecule has 0 radical (unpaired) electrons. The molecule has 3 amide bonds. The molecule has 1 heterocycles. The molecule has 5 atom stereocenters. The third kappa shape index (κ3) is 8.85. The minimum absolute atomic E-state index is 0.0379. The summed E-state index contributed by atoms with van der Waals surface area (Å²) in [5, 5.41) is 26.0. The second kappa shape index (κ2) is 13.0. The van der Waals surface area contributed by atoms with Crippen LogP contribution in [0.5, 0.6) is 0 Å². The Morgan fingerprint density at radius 2 is 1.69 bits per heavy atom. The monoisotopic (exact) mass is 472 g/mol. The van der Waals surface area contributed by atoms with Crippen LogP contribution in [0.15, 0.2) is 12.5 Å². The van der Waals surface area contributed by atoms with Crippen molar-refractivity contribution in [2.45, 2.75) is 63.9 Å². The van der Waals surface area contributed by atoms with E-state index < -0.39 is 54.0 Å². The maximum absolute atomic E-state index is 12.8. The molecule has 180 valence electrons. The molecule has 1 rings (SSSR count). The average Bonchev–Trinajstić information content (AvgIpc) is 3.21. The Bertz CT molecular complexity index is 772. The summed E-state index contributed by atoms with van der Waals surface area (Å²) in [4.78, 5) is 55.7. The average molecular weight is 473 g/mol. The lowest BCUT2D eigenvalue weighted by molar-refractivity contribution is -0.145. The van der Waals surface area contributed by atoms with Crippen molar-refractivity contribution in [1.82, 2.24) is 25.9 Å². The summed E-state index contributed by atoms with van der Waals surface area (Å²) in [5.41, 5.74) is 6.35. The molecular formula is C19H32N6O6S. The molecule has 0 aromatic carbocycles. The summed E-state index contributed by atoms with van der Waals surface area (Å²) in [7, 11) is 0. The summed E-state index contributed by atoms with van der Waals surface area (Å²) < 4.78 is 0. The van der Waals surface area contributed by atoms with E-state index in [1.807, 2.05) is 13.8 Å². The zero-order valence-electron chi connectivity index (χ0n) is 18.2. The fraction of sp³-hybridized carbons (Fsp3) is 0.632. The van der Waals surface area contributed by atoms with Crippen LogP contribution in [-0.4, -0.2) is 79.9 Å². The fourth-order valence-electron chi connectivity index (χ4n) is 2.83. The number of carbonyl (C=O) groups excluding carboxylic acids is 3. The molecule has 13 heteroatoms. The van der Waals surface area contributed by atoms with Gasteiger partial charge in [0.25, 0.3) is 0 Å². The summed E-state index contributed by atoms with van der Waals surface area (Å²) in [5.74, 6) is -3.37. The molecule has 8 N–H and O–H groups in total. The van der Waals surface area contributed by atoms with Gasteiger partial charge in [0.1, 0.15) is 12.1 Å². The number of aromatic amines is 1. The number of H-pyrrole nitrogens is 1. The van der Waals surface area contributed by atoms with Crippen molar-refractivity contribution < 1.29 is 29.4 Å². The van der Waals surface area contributed by atoms with E-state index in [9.17, 15) is 29.4 Å². The van der Waals surface area contributed by atoms with Crippen LogP contribution >= 0.6 is 12.6 Å². The molecule has 0 bridgehead atoms. The normalized spacial score (nSPS) is 15.8. The van der Waals surface area contributed by atoms with E-state index in [2.05, 4.69) is 38.5 Å². The predicted molar refractivity (Wildman–Crippen MR) is 119 cm³/mol. The van der Waals surface area contributed by atoms with E-state index in [1.165, 1.54) is 19.4 Å². The first-order valence-electron chi connectivity index (χ1n) is 10.1. The first-order chi connectivity index (χ1) is 15.0. The Hall–Kier alpha value is -2.64. The number of nitrogens with one attached hydrogen (secondary N) is 4. The Balaban J connectivity index is 2.94. The zero-order valence-corrected chi connectivity index (χ0v) is 19.1. The molecule has 0 saturated heterocycles. The van der Waals surface area contributed by atoms with Crippen molar-refractivity contribution in [2.75, 3.05) is 5.75 Å². The number of aromatic nitrogens is 2. The van der Waals surface area contributed by atoms with Crippen LogP contribution in [0.1, 0.15) is 32.9 Å². The van der Waals surface area contributed by atoms with Crippen molar-refractivity contribution >= 4 is 36.3 Å². The second-order valence-corrected chi connectivity index (χ2v) is 8.25. The highest BCUT2D eigenvalue weighted by molar-refractivity contribution is 7.80. The van der Waals surface area contributed by atoms with Gasteiger partial charge in [-0.15, -0.1) is 0 Å². The predicted octanol–water partition coefficient (Wildman–Crippen LogP) is -1.82. The number of amides is 3. The van der Waals surface area contributed by atoms with Crippen LogP contribution < -0.4 is 21.7 Å². The van der Waals surface area contributed by atoms with Crippen molar-refractivity contribution in [3.05, 3.63) is 18.2 Å². The number of carboxylic acids is 1. The van der Waals surface area contributed by atoms with Crippen molar-refractivity contribution in [1.29, 1.82) is 0 Å². The molecule has 0 aliphatic heterocycles. The lowest BCUT2D eigenvalue weighted by Crippen LogP contribution is -2.59. The minimum atomic E-state index is -1.57. The van der Waals surface area contributed by atoms with Crippen LogP contribution in [0.4, 0.5) is 0 Å². The Labute approximate surface area is 191 Å². The standard InChI is InChI=1S/C19H32N6O6S/c1-9(2)4-12(20)16(27)24-14(7-32)18(29)23-13(5-11-6-21-8-22-11)17(28)25-15(10(3)26)19(30)31/h6,8-10,12-15,26,32H,4-5,7,20H2,1-3H3,(H,21,22)(H,23,29)(H,24,27)(H,25,28)(H,30,31). The number of carboxylic acid groups (broad SMARTS) is 1. The molecule has 32 heavy (non-hydrogen) atoms. The van der Waals surface area contributed by atoms with Gasteiger partial charge in [0.2, 0.25) is 17.7 Å². The van der Waals surface area contributed by atoms with Gasteiger partial charge in [-0.25, -0.2) is 9.78 Å². The lowest BCUT2D eigenvalue weighted by Gasteiger charge is -2.25. The van der Waals surface area contributed by atoms with Crippen molar-refractivity contribution in [2.24, 2.45) is 11.7 Å². The van der Waals surface area contributed by atoms with Gasteiger partial charge in [-0.3, -0.25) is 14.4 Å². The van der Waals surface area contributed by atoms with E-state index in [0.717, 1.165) is 0 Å². The number of hydrogen-bond donors (Lipinski definition) is 8. The highest BCUT2D eigenvalue weighted by atomic mass is 32.1. The maximum Gasteiger partial charge on any atom is 0.328 e. The smallest absolute Gasteiger partial charge is 0.328 e. The summed E-state index contributed by atoms with van der Waals surface area (Å²) in [6.45, 7) is 5.03. The van der Waals surface area contributed by atoms with Crippen LogP contribution in [0.2, 0.25) is 0 Å². The van der Waals surface area contributed by atoms with Gasteiger partial charge >= 0.3 is 5.97 Å². The summed E-state index contributed by atoms with van der Waals surface area (Å²) >= 11 is 4.10. The molecule has 5 unspecified atom stereocenters. The molecule has 1 aromatic heterocycles.